The predicted octanol–water partition coefficient (Wildman–Crippen LogP) is 2.28. The summed E-state index contributed by atoms with van der Waals surface area (Å²) in [5.41, 5.74) is 0.614. The fourth-order valence-corrected chi connectivity index (χ4v) is 1.36. The van der Waals surface area contributed by atoms with Crippen LogP contribution < -0.4 is 0 Å². The van der Waals surface area contributed by atoms with E-state index in [-0.39, 0.29) is 0 Å². The standard InChI is InChI=1S/C10H16O/c1-8(2)9-4-6-10(3,11)7-5-9/h4,6,9,11H,1,5,7H2,2-3H3/t9?,10-/m1/s1. The van der Waals surface area contributed by atoms with Gasteiger partial charge in [-0.1, -0.05) is 24.3 Å². The zero-order valence-electron chi connectivity index (χ0n) is 7.30. The Morgan fingerprint density at radius 2 is 2.36 bits per heavy atom. The van der Waals surface area contributed by atoms with Crippen molar-refractivity contribution in [3.63, 3.8) is 0 Å². The maximum atomic E-state index is 9.56. The first-order chi connectivity index (χ1) is 5.01. The average molecular weight is 152 g/mol. The van der Waals surface area contributed by atoms with Crippen LogP contribution in [-0.4, -0.2) is 10.7 Å². The van der Waals surface area contributed by atoms with E-state index >= 15 is 0 Å². The van der Waals surface area contributed by atoms with Crippen LogP contribution in [0.25, 0.3) is 0 Å². The molecule has 62 valence electrons. The number of allylic oxidation sites excluding steroid dienone is 2. The quantitative estimate of drug-likeness (QED) is 0.571. The van der Waals surface area contributed by atoms with Crippen molar-refractivity contribution >= 4 is 0 Å². The van der Waals surface area contributed by atoms with E-state index in [1.807, 2.05) is 19.9 Å². The fourth-order valence-electron chi connectivity index (χ4n) is 1.36. The first-order valence-electron chi connectivity index (χ1n) is 4.08. The van der Waals surface area contributed by atoms with E-state index in [4.69, 9.17) is 0 Å². The zero-order chi connectivity index (χ0) is 8.48. The Balaban J connectivity index is 2.63. The van der Waals surface area contributed by atoms with Crippen molar-refractivity contribution in [2.45, 2.75) is 32.3 Å². The van der Waals surface area contributed by atoms with Crippen LogP contribution in [0.5, 0.6) is 0 Å². The van der Waals surface area contributed by atoms with Crippen LogP contribution in [-0.2, 0) is 0 Å². The van der Waals surface area contributed by atoms with E-state index < -0.39 is 5.60 Å². The van der Waals surface area contributed by atoms with Gasteiger partial charge in [0.2, 0.25) is 0 Å². The first-order valence-corrected chi connectivity index (χ1v) is 4.08. The summed E-state index contributed by atoms with van der Waals surface area (Å²) in [5.74, 6) is 0.482. The van der Waals surface area contributed by atoms with E-state index in [9.17, 15) is 5.11 Å². The molecule has 0 aliphatic heterocycles. The van der Waals surface area contributed by atoms with Crippen LogP contribution in [0, 0.1) is 5.92 Å². The molecule has 1 heteroatoms. The molecule has 0 heterocycles. The number of hydrogen-bond donors (Lipinski definition) is 1. The molecular weight excluding hydrogens is 136 g/mol. The van der Waals surface area contributed by atoms with Gasteiger partial charge in [-0.15, -0.1) is 0 Å². The molecule has 11 heavy (non-hydrogen) atoms. The summed E-state index contributed by atoms with van der Waals surface area (Å²) >= 11 is 0. The number of hydrogen-bond acceptors (Lipinski definition) is 1. The third kappa shape index (κ3) is 2.19. The highest BCUT2D eigenvalue weighted by Gasteiger charge is 2.23. The van der Waals surface area contributed by atoms with E-state index in [0.717, 1.165) is 12.8 Å². The molecule has 0 aromatic heterocycles. The van der Waals surface area contributed by atoms with Crippen molar-refractivity contribution < 1.29 is 5.11 Å². The largest absolute Gasteiger partial charge is 0.386 e. The van der Waals surface area contributed by atoms with Crippen molar-refractivity contribution in [1.29, 1.82) is 0 Å². The van der Waals surface area contributed by atoms with Crippen LogP contribution in [0.4, 0.5) is 0 Å². The molecule has 1 aliphatic carbocycles. The molecule has 0 spiro atoms. The molecule has 1 N–H and O–H groups in total. The lowest BCUT2D eigenvalue weighted by Crippen LogP contribution is -2.25. The van der Waals surface area contributed by atoms with Crippen LogP contribution in [0.1, 0.15) is 26.7 Å². The molecule has 0 saturated carbocycles. The minimum absolute atomic E-state index is 0.482. The summed E-state index contributed by atoms with van der Waals surface area (Å²) in [5, 5.41) is 9.56. The maximum absolute atomic E-state index is 9.56. The highest BCUT2D eigenvalue weighted by molar-refractivity contribution is 5.14. The van der Waals surface area contributed by atoms with Crippen LogP contribution in [0.2, 0.25) is 0 Å². The minimum atomic E-state index is -0.577. The normalized spacial score (nSPS) is 37.2. The Morgan fingerprint density at radius 1 is 1.73 bits per heavy atom. The van der Waals surface area contributed by atoms with Crippen LogP contribution in [0.3, 0.4) is 0 Å². The molecule has 0 aromatic carbocycles. The summed E-state index contributed by atoms with van der Waals surface area (Å²) in [6.45, 7) is 7.78. The van der Waals surface area contributed by atoms with E-state index in [0.29, 0.717) is 5.92 Å². The summed E-state index contributed by atoms with van der Waals surface area (Å²) in [4.78, 5) is 0. The third-order valence-electron chi connectivity index (χ3n) is 2.28. The van der Waals surface area contributed by atoms with E-state index in [1.165, 1.54) is 5.57 Å². The van der Waals surface area contributed by atoms with Gasteiger partial charge in [0.25, 0.3) is 0 Å². The number of aliphatic hydroxyl groups is 1. The van der Waals surface area contributed by atoms with Crippen molar-refractivity contribution in [2.24, 2.45) is 5.92 Å². The molecular formula is C10H16O. The molecule has 0 amide bonds. The molecule has 1 rings (SSSR count). The summed E-state index contributed by atoms with van der Waals surface area (Å²) in [7, 11) is 0. The van der Waals surface area contributed by atoms with Gasteiger partial charge in [0.1, 0.15) is 0 Å². The minimum Gasteiger partial charge on any atom is -0.386 e. The van der Waals surface area contributed by atoms with Gasteiger partial charge in [-0.3, -0.25) is 0 Å². The first kappa shape index (κ1) is 8.54. The number of rotatable bonds is 1. The van der Waals surface area contributed by atoms with Gasteiger partial charge < -0.3 is 5.11 Å². The van der Waals surface area contributed by atoms with Gasteiger partial charge in [0, 0.05) is 0 Å². The molecule has 0 aromatic rings. The molecule has 1 aliphatic rings. The lowest BCUT2D eigenvalue weighted by atomic mass is 9.84. The maximum Gasteiger partial charge on any atom is 0.0800 e. The molecule has 0 saturated heterocycles. The third-order valence-corrected chi connectivity index (χ3v) is 2.28. The molecule has 0 fully saturated rings. The van der Waals surface area contributed by atoms with Gasteiger partial charge in [-0.2, -0.15) is 0 Å². The van der Waals surface area contributed by atoms with E-state index in [1.54, 1.807) is 0 Å². The second kappa shape index (κ2) is 2.82. The topological polar surface area (TPSA) is 20.2 Å². The second-order valence-electron chi connectivity index (χ2n) is 3.71. The SMILES string of the molecule is C=C(C)C1C=C[C@@](C)(O)CC1. The second-order valence-corrected chi connectivity index (χ2v) is 3.71. The van der Waals surface area contributed by atoms with Crippen LogP contribution in [0.15, 0.2) is 24.3 Å². The summed E-state index contributed by atoms with van der Waals surface area (Å²) in [6, 6.07) is 0. The fraction of sp³-hybridized carbons (Fsp3) is 0.600. The Bertz CT molecular complexity index is 189. The Morgan fingerprint density at radius 3 is 2.73 bits per heavy atom. The molecule has 0 bridgehead atoms. The lowest BCUT2D eigenvalue weighted by Gasteiger charge is -2.27. The van der Waals surface area contributed by atoms with Gasteiger partial charge in [0.15, 0.2) is 0 Å². The monoisotopic (exact) mass is 152 g/mol. The smallest absolute Gasteiger partial charge is 0.0800 e. The Kier molecular flexibility index (Phi) is 2.19. The van der Waals surface area contributed by atoms with Crippen molar-refractivity contribution in [1.82, 2.24) is 0 Å². The van der Waals surface area contributed by atoms with Gasteiger partial charge >= 0.3 is 0 Å². The molecule has 1 nitrogen and oxygen atoms in total. The predicted molar refractivity (Wildman–Crippen MR) is 47.3 cm³/mol. The Labute approximate surface area is 68.4 Å². The lowest BCUT2D eigenvalue weighted by molar-refractivity contribution is 0.0903. The van der Waals surface area contributed by atoms with Crippen molar-refractivity contribution in [2.75, 3.05) is 0 Å². The summed E-state index contributed by atoms with van der Waals surface area (Å²) < 4.78 is 0. The molecule has 1 unspecified atom stereocenters. The van der Waals surface area contributed by atoms with Crippen LogP contribution >= 0.6 is 0 Å². The van der Waals surface area contributed by atoms with Crippen molar-refractivity contribution in [3.05, 3.63) is 24.3 Å². The van der Waals surface area contributed by atoms with E-state index in [2.05, 4.69) is 12.7 Å². The highest BCUT2D eigenvalue weighted by Crippen LogP contribution is 2.28. The molecule has 2 atom stereocenters. The van der Waals surface area contributed by atoms with Crippen molar-refractivity contribution in [3.8, 4) is 0 Å². The van der Waals surface area contributed by atoms with Gasteiger partial charge in [-0.05, 0) is 32.6 Å². The molecule has 0 radical (unpaired) electrons. The summed E-state index contributed by atoms with van der Waals surface area (Å²) in [6.07, 6.45) is 5.82. The average Bonchev–Trinajstić information content (AvgIpc) is 1.86. The van der Waals surface area contributed by atoms with Gasteiger partial charge in [0.05, 0.1) is 5.60 Å². The zero-order valence-corrected chi connectivity index (χ0v) is 7.30. The van der Waals surface area contributed by atoms with Gasteiger partial charge in [-0.25, -0.2) is 0 Å². The highest BCUT2D eigenvalue weighted by atomic mass is 16.3. The Hall–Kier alpha value is -0.560.